The van der Waals surface area contributed by atoms with Gasteiger partial charge in [0.15, 0.2) is 0 Å². The lowest BCUT2D eigenvalue weighted by Gasteiger charge is -2.35. The number of hydrogen-bond donors (Lipinski definition) is 2. The number of nitrogens with one attached hydrogen (secondary N) is 2. The Morgan fingerprint density at radius 1 is 1.05 bits per heavy atom. The Morgan fingerprint density at radius 2 is 1.77 bits per heavy atom. The quantitative estimate of drug-likeness (QED) is 0.411. The van der Waals surface area contributed by atoms with E-state index in [2.05, 4.69) is 16.1 Å². The van der Waals surface area contributed by atoms with Crippen LogP contribution in [0.1, 0.15) is 35.1 Å². The van der Waals surface area contributed by atoms with Gasteiger partial charge in [0.2, 0.25) is 15.9 Å². The first-order valence-electron chi connectivity index (χ1n) is 13.1. The van der Waals surface area contributed by atoms with Crippen molar-refractivity contribution in [1.29, 1.82) is 5.26 Å². The maximum atomic E-state index is 13.8. The average Bonchev–Trinajstić information content (AvgIpc) is 2.96. The van der Waals surface area contributed by atoms with Crippen LogP contribution in [-0.2, 0) is 32.6 Å². The molecule has 1 aliphatic rings. The van der Waals surface area contributed by atoms with Crippen LogP contribution in [0.25, 0.3) is 0 Å². The molecular formula is C30H32N4O5S. The number of likely N-dealkylation sites (tertiary alicyclic amines) is 1. The van der Waals surface area contributed by atoms with Crippen molar-refractivity contribution in [2.24, 2.45) is 0 Å². The molecule has 0 spiro atoms. The van der Waals surface area contributed by atoms with Gasteiger partial charge >= 0.3 is 6.09 Å². The summed E-state index contributed by atoms with van der Waals surface area (Å²) in [6.45, 7) is 2.64. The highest BCUT2D eigenvalue weighted by Crippen LogP contribution is 2.17. The summed E-state index contributed by atoms with van der Waals surface area (Å²) >= 11 is 0. The standard InChI is InChI=1S/C30H32N4O5S/c1-22-12-14-27(15-13-22)40(37,38)33-28(18-24-9-5-10-25(17-24)19-31)29(35)34-16-6-11-26(20-34)32-30(36)39-21-23-7-3-2-4-8-23/h2-5,7-10,12-15,17,26,28,33H,6,11,16,18,20-21H2,1H3,(H,32,36)/t26-,28-/m0/s1. The molecule has 2 N–H and O–H groups in total. The molecule has 1 fully saturated rings. The number of amides is 2. The molecule has 9 nitrogen and oxygen atoms in total. The third-order valence-electron chi connectivity index (χ3n) is 6.69. The number of nitriles is 1. The van der Waals surface area contributed by atoms with E-state index in [-0.39, 0.29) is 30.5 Å². The molecule has 2 amide bonds. The van der Waals surface area contributed by atoms with E-state index in [1.807, 2.05) is 37.3 Å². The molecule has 0 bridgehead atoms. The van der Waals surface area contributed by atoms with Gasteiger partial charge in [0, 0.05) is 19.1 Å². The molecule has 0 radical (unpaired) electrons. The molecule has 0 aromatic heterocycles. The highest BCUT2D eigenvalue weighted by molar-refractivity contribution is 7.89. The van der Waals surface area contributed by atoms with Crippen LogP contribution < -0.4 is 10.0 Å². The number of carbonyl (C=O) groups is 2. The molecule has 4 rings (SSSR count). The molecule has 208 valence electrons. The summed E-state index contributed by atoms with van der Waals surface area (Å²) in [7, 11) is -4.01. The Balaban J connectivity index is 1.47. The van der Waals surface area contributed by atoms with E-state index in [9.17, 15) is 23.3 Å². The molecule has 2 atom stereocenters. The maximum Gasteiger partial charge on any atom is 0.407 e. The van der Waals surface area contributed by atoms with Gasteiger partial charge in [-0.15, -0.1) is 0 Å². The van der Waals surface area contributed by atoms with Crippen LogP contribution in [0.4, 0.5) is 4.79 Å². The summed E-state index contributed by atoms with van der Waals surface area (Å²) in [5, 5.41) is 12.1. The number of carbonyl (C=O) groups excluding carboxylic acids is 2. The molecule has 1 heterocycles. The van der Waals surface area contributed by atoms with E-state index < -0.39 is 28.1 Å². The Labute approximate surface area is 234 Å². The monoisotopic (exact) mass is 560 g/mol. The van der Waals surface area contributed by atoms with Gasteiger partial charge in [-0.2, -0.15) is 9.98 Å². The summed E-state index contributed by atoms with van der Waals surface area (Å²) in [6, 6.07) is 23.1. The first-order valence-corrected chi connectivity index (χ1v) is 14.6. The number of rotatable bonds is 9. The largest absolute Gasteiger partial charge is 0.445 e. The highest BCUT2D eigenvalue weighted by atomic mass is 32.2. The molecule has 0 aliphatic carbocycles. The van der Waals surface area contributed by atoms with Crippen molar-refractivity contribution >= 4 is 22.0 Å². The van der Waals surface area contributed by atoms with Crippen LogP contribution in [0.3, 0.4) is 0 Å². The van der Waals surface area contributed by atoms with E-state index in [0.29, 0.717) is 30.5 Å². The number of aryl methyl sites for hydroxylation is 1. The summed E-state index contributed by atoms with van der Waals surface area (Å²) < 4.78 is 34.4. The van der Waals surface area contributed by atoms with Gasteiger partial charge in [-0.25, -0.2) is 13.2 Å². The van der Waals surface area contributed by atoms with Crippen molar-refractivity contribution in [3.8, 4) is 6.07 Å². The predicted molar refractivity (Wildman–Crippen MR) is 150 cm³/mol. The summed E-state index contributed by atoms with van der Waals surface area (Å²) in [4.78, 5) is 27.8. The molecule has 40 heavy (non-hydrogen) atoms. The normalized spacial score (nSPS) is 16.0. The fraction of sp³-hybridized carbons (Fsp3) is 0.300. The zero-order chi connectivity index (χ0) is 28.5. The minimum atomic E-state index is -4.01. The summed E-state index contributed by atoms with van der Waals surface area (Å²) in [5.74, 6) is -0.401. The lowest BCUT2D eigenvalue weighted by atomic mass is 10.0. The van der Waals surface area contributed by atoms with Gasteiger partial charge in [0.05, 0.1) is 16.5 Å². The number of nitrogens with zero attached hydrogens (tertiary/aromatic N) is 2. The van der Waals surface area contributed by atoms with E-state index in [4.69, 9.17) is 4.74 Å². The van der Waals surface area contributed by atoms with Crippen LogP contribution in [0.2, 0.25) is 0 Å². The maximum absolute atomic E-state index is 13.8. The first-order chi connectivity index (χ1) is 19.2. The van der Waals surface area contributed by atoms with Crippen LogP contribution in [0.5, 0.6) is 0 Å². The fourth-order valence-electron chi connectivity index (χ4n) is 4.60. The lowest BCUT2D eigenvalue weighted by molar-refractivity contribution is -0.134. The predicted octanol–water partition coefficient (Wildman–Crippen LogP) is 3.67. The molecule has 3 aromatic carbocycles. The Kier molecular flexibility index (Phi) is 9.53. The molecule has 0 saturated carbocycles. The van der Waals surface area contributed by atoms with Crippen molar-refractivity contribution in [3.05, 3.63) is 101 Å². The second-order valence-corrected chi connectivity index (χ2v) is 11.5. The molecule has 1 aliphatic heterocycles. The molecule has 3 aromatic rings. The zero-order valence-corrected chi connectivity index (χ0v) is 23.1. The van der Waals surface area contributed by atoms with Gasteiger partial charge in [-0.3, -0.25) is 4.79 Å². The van der Waals surface area contributed by atoms with Gasteiger partial charge < -0.3 is 15.0 Å². The van der Waals surface area contributed by atoms with Crippen molar-refractivity contribution in [2.45, 2.75) is 49.8 Å². The first kappa shape index (κ1) is 28.8. The topological polar surface area (TPSA) is 129 Å². The van der Waals surface area contributed by atoms with Crippen LogP contribution in [0.15, 0.2) is 83.8 Å². The van der Waals surface area contributed by atoms with Gasteiger partial charge in [-0.05, 0) is 61.6 Å². The minimum Gasteiger partial charge on any atom is -0.445 e. The van der Waals surface area contributed by atoms with Crippen LogP contribution >= 0.6 is 0 Å². The third-order valence-corrected chi connectivity index (χ3v) is 8.18. The van der Waals surface area contributed by atoms with Gasteiger partial charge in [0.25, 0.3) is 0 Å². The van der Waals surface area contributed by atoms with Crippen LogP contribution in [0, 0.1) is 18.3 Å². The van der Waals surface area contributed by atoms with Gasteiger partial charge in [0.1, 0.15) is 12.6 Å². The fourth-order valence-corrected chi connectivity index (χ4v) is 5.79. The van der Waals surface area contributed by atoms with Crippen LogP contribution in [-0.4, -0.2) is 50.5 Å². The molecule has 10 heteroatoms. The van der Waals surface area contributed by atoms with E-state index in [1.54, 1.807) is 41.3 Å². The number of hydrogen-bond acceptors (Lipinski definition) is 6. The zero-order valence-electron chi connectivity index (χ0n) is 22.2. The molecular weight excluding hydrogens is 528 g/mol. The molecule has 0 unspecified atom stereocenters. The average molecular weight is 561 g/mol. The van der Waals surface area contributed by atoms with E-state index >= 15 is 0 Å². The van der Waals surface area contributed by atoms with Crippen molar-refractivity contribution in [3.63, 3.8) is 0 Å². The smallest absolute Gasteiger partial charge is 0.407 e. The second-order valence-electron chi connectivity index (χ2n) is 9.83. The highest BCUT2D eigenvalue weighted by Gasteiger charge is 2.33. The van der Waals surface area contributed by atoms with E-state index in [1.165, 1.54) is 12.1 Å². The third kappa shape index (κ3) is 7.91. The second kappa shape index (κ2) is 13.2. The Morgan fingerprint density at radius 3 is 2.50 bits per heavy atom. The number of piperidine rings is 1. The van der Waals surface area contributed by atoms with Gasteiger partial charge in [-0.1, -0.05) is 60.2 Å². The number of sulfonamides is 1. The molecule has 1 saturated heterocycles. The van der Waals surface area contributed by atoms with Crippen molar-refractivity contribution in [2.75, 3.05) is 13.1 Å². The minimum absolute atomic E-state index is 0.0565. The number of alkyl carbamates (subject to hydrolysis) is 1. The number of ether oxygens (including phenoxy) is 1. The van der Waals surface area contributed by atoms with E-state index in [0.717, 1.165) is 11.1 Å². The lowest BCUT2D eigenvalue weighted by Crippen LogP contribution is -2.55. The van der Waals surface area contributed by atoms with Crippen molar-refractivity contribution in [1.82, 2.24) is 14.9 Å². The SMILES string of the molecule is Cc1ccc(S(=O)(=O)N[C@@H](Cc2cccc(C#N)c2)C(=O)N2CCC[C@H](NC(=O)OCc3ccccc3)C2)cc1. The Bertz CT molecular complexity index is 1470. The summed E-state index contributed by atoms with van der Waals surface area (Å²) in [6.07, 6.45) is 0.783. The Hall–Kier alpha value is -4.20. The summed E-state index contributed by atoms with van der Waals surface area (Å²) in [5.41, 5.74) is 2.85. The number of benzene rings is 3. The van der Waals surface area contributed by atoms with Crippen molar-refractivity contribution < 1.29 is 22.7 Å².